The first-order valence-electron chi connectivity index (χ1n) is 10.5. The smallest absolute Gasteiger partial charge is 0.419 e. The second-order valence-electron chi connectivity index (χ2n) is 8.66. The molecule has 0 bridgehead atoms. The number of halogens is 5. The van der Waals surface area contributed by atoms with Gasteiger partial charge in [0.25, 0.3) is 0 Å². The van der Waals surface area contributed by atoms with Crippen LogP contribution in [-0.2, 0) is 13.2 Å². The van der Waals surface area contributed by atoms with E-state index in [2.05, 4.69) is 15.0 Å². The Bertz CT molecular complexity index is 1220. The van der Waals surface area contributed by atoms with E-state index in [1.54, 1.807) is 7.05 Å². The van der Waals surface area contributed by atoms with E-state index >= 15 is 0 Å². The number of rotatable bonds is 2. The standard InChI is InChI=1S/C22H21F5N4O/c1-30-15-10-16(31-8-3-2-5-21(31)6-4-7-21)28-11-13(15)19(29-30)12-9-14(22(25,26)27)18(24)20(32)17(12)23/h9-11,32H,2-8H2,1H3. The van der Waals surface area contributed by atoms with E-state index in [-0.39, 0.29) is 11.2 Å². The zero-order valence-electron chi connectivity index (χ0n) is 17.3. The second-order valence-corrected chi connectivity index (χ2v) is 8.66. The van der Waals surface area contributed by atoms with Crippen LogP contribution in [0, 0.1) is 11.6 Å². The summed E-state index contributed by atoms with van der Waals surface area (Å²) < 4.78 is 69.7. The summed E-state index contributed by atoms with van der Waals surface area (Å²) in [5.74, 6) is -4.47. The maximum Gasteiger partial charge on any atom is 0.419 e. The first-order valence-corrected chi connectivity index (χ1v) is 10.5. The number of aromatic nitrogens is 3. The van der Waals surface area contributed by atoms with Crippen molar-refractivity contribution in [3.8, 4) is 17.0 Å². The van der Waals surface area contributed by atoms with E-state index in [1.165, 1.54) is 23.7 Å². The number of benzene rings is 1. The number of hydrogen-bond acceptors (Lipinski definition) is 4. The lowest BCUT2D eigenvalue weighted by atomic mass is 9.70. The van der Waals surface area contributed by atoms with E-state index in [0.717, 1.165) is 38.0 Å². The Morgan fingerprint density at radius 2 is 1.75 bits per heavy atom. The lowest BCUT2D eigenvalue weighted by molar-refractivity contribution is -0.140. The van der Waals surface area contributed by atoms with Gasteiger partial charge in [0, 0.05) is 42.3 Å². The van der Waals surface area contributed by atoms with Gasteiger partial charge in [-0.1, -0.05) is 0 Å². The van der Waals surface area contributed by atoms with E-state index in [4.69, 9.17) is 0 Å². The minimum absolute atomic E-state index is 0.108. The minimum Gasteiger partial charge on any atom is -0.503 e. The molecule has 0 unspecified atom stereocenters. The molecule has 0 atom stereocenters. The molecule has 1 saturated carbocycles. The van der Waals surface area contributed by atoms with Gasteiger partial charge in [-0.3, -0.25) is 4.68 Å². The molecule has 10 heteroatoms. The van der Waals surface area contributed by atoms with E-state index < -0.39 is 34.7 Å². The van der Waals surface area contributed by atoms with Gasteiger partial charge in [0.05, 0.1) is 11.1 Å². The molecule has 3 heterocycles. The molecule has 2 aromatic heterocycles. The molecule has 170 valence electrons. The highest BCUT2D eigenvalue weighted by Gasteiger charge is 2.44. The maximum atomic E-state index is 14.6. The fourth-order valence-corrected chi connectivity index (χ4v) is 5.05. The molecule has 5 nitrogen and oxygen atoms in total. The van der Waals surface area contributed by atoms with Gasteiger partial charge < -0.3 is 10.0 Å². The van der Waals surface area contributed by atoms with Crippen molar-refractivity contribution >= 4 is 16.7 Å². The first kappa shape index (κ1) is 21.0. The largest absolute Gasteiger partial charge is 0.503 e. The molecular formula is C22H21F5N4O. The summed E-state index contributed by atoms with van der Waals surface area (Å²) in [6, 6.07) is 2.15. The number of phenols is 1. The third-order valence-corrected chi connectivity index (χ3v) is 6.87. The Hall–Kier alpha value is -2.91. The first-order chi connectivity index (χ1) is 15.1. The van der Waals surface area contributed by atoms with Gasteiger partial charge in [0.2, 0.25) is 0 Å². The number of pyridine rings is 1. The molecule has 3 aromatic rings. The molecule has 1 aliphatic carbocycles. The summed E-state index contributed by atoms with van der Waals surface area (Å²) in [4.78, 5) is 6.84. The van der Waals surface area contributed by atoms with Crippen LogP contribution in [0.2, 0.25) is 0 Å². The fraction of sp³-hybridized carbons (Fsp3) is 0.455. The number of fused-ring (bicyclic) bond motifs is 1. The second kappa shape index (κ2) is 7.05. The monoisotopic (exact) mass is 452 g/mol. The lowest BCUT2D eigenvalue weighted by Crippen LogP contribution is -2.56. The molecule has 1 aliphatic heterocycles. The Balaban J connectivity index is 1.64. The number of nitrogens with zero attached hydrogens (tertiary/aromatic N) is 4. The molecule has 5 rings (SSSR count). The zero-order chi connectivity index (χ0) is 22.8. The highest BCUT2D eigenvalue weighted by Crippen LogP contribution is 2.47. The van der Waals surface area contributed by atoms with Crippen LogP contribution in [0.1, 0.15) is 44.1 Å². The highest BCUT2D eigenvalue weighted by atomic mass is 19.4. The van der Waals surface area contributed by atoms with Gasteiger partial charge in [-0.25, -0.2) is 13.8 Å². The highest BCUT2D eigenvalue weighted by molar-refractivity contribution is 5.94. The molecule has 0 amide bonds. The molecule has 1 N–H and O–H groups in total. The van der Waals surface area contributed by atoms with Crippen LogP contribution in [0.25, 0.3) is 22.2 Å². The normalized spacial score (nSPS) is 18.4. The summed E-state index contributed by atoms with van der Waals surface area (Å²) in [5.41, 5.74) is -1.87. The van der Waals surface area contributed by atoms with Crippen molar-refractivity contribution in [2.75, 3.05) is 11.4 Å². The van der Waals surface area contributed by atoms with Crippen molar-refractivity contribution < 1.29 is 27.1 Å². The fourth-order valence-electron chi connectivity index (χ4n) is 5.05. The van der Waals surface area contributed by atoms with Crippen LogP contribution in [0.15, 0.2) is 18.3 Å². The van der Waals surface area contributed by atoms with Crippen LogP contribution in [0.4, 0.5) is 27.8 Å². The van der Waals surface area contributed by atoms with Crippen molar-refractivity contribution in [1.82, 2.24) is 14.8 Å². The minimum atomic E-state index is -5.11. The van der Waals surface area contributed by atoms with Gasteiger partial charge in [-0.05, 0) is 44.6 Å². The molecule has 32 heavy (non-hydrogen) atoms. The Labute approximate surface area is 180 Å². The molecule has 1 aromatic carbocycles. The quantitative estimate of drug-likeness (QED) is 0.518. The van der Waals surface area contributed by atoms with Crippen LogP contribution in [0.3, 0.4) is 0 Å². The van der Waals surface area contributed by atoms with Crippen LogP contribution < -0.4 is 4.90 Å². The van der Waals surface area contributed by atoms with Crippen molar-refractivity contribution in [1.29, 1.82) is 0 Å². The number of anilines is 1. The number of aromatic hydroxyl groups is 1. The van der Waals surface area contributed by atoms with E-state index in [0.29, 0.717) is 17.0 Å². The number of alkyl halides is 3. The topological polar surface area (TPSA) is 54.2 Å². The lowest BCUT2D eigenvalue weighted by Gasteiger charge is -2.54. The van der Waals surface area contributed by atoms with E-state index in [9.17, 15) is 27.1 Å². The Kier molecular flexibility index (Phi) is 4.62. The average Bonchev–Trinajstić information content (AvgIpc) is 3.06. The zero-order valence-corrected chi connectivity index (χ0v) is 17.3. The number of aryl methyl sites for hydroxylation is 1. The third-order valence-electron chi connectivity index (χ3n) is 6.87. The summed E-state index contributed by atoms with van der Waals surface area (Å²) in [7, 11) is 1.59. The third kappa shape index (κ3) is 3.02. The molecule has 1 saturated heterocycles. The van der Waals surface area contributed by atoms with Crippen molar-refractivity contribution in [2.24, 2.45) is 7.05 Å². The number of hydrogen-bond donors (Lipinski definition) is 1. The van der Waals surface area contributed by atoms with Crippen molar-refractivity contribution in [2.45, 2.75) is 50.2 Å². The maximum absolute atomic E-state index is 14.6. The SMILES string of the molecule is Cn1nc(-c2cc(C(F)(F)F)c(F)c(O)c2F)c2cnc(N3CCCCC34CCC4)cc21. The van der Waals surface area contributed by atoms with Gasteiger partial charge in [0.15, 0.2) is 17.4 Å². The molecule has 0 radical (unpaired) electrons. The summed E-state index contributed by atoms with van der Waals surface area (Å²) >= 11 is 0. The molecule has 2 aliphatic rings. The Morgan fingerprint density at radius 3 is 2.41 bits per heavy atom. The summed E-state index contributed by atoms with van der Waals surface area (Å²) in [6.07, 6.45) is 3.05. The van der Waals surface area contributed by atoms with Crippen LogP contribution >= 0.6 is 0 Å². The van der Waals surface area contributed by atoms with Gasteiger partial charge in [-0.15, -0.1) is 0 Å². The van der Waals surface area contributed by atoms with Crippen LogP contribution in [-0.4, -0.2) is 32.0 Å². The molecular weight excluding hydrogens is 431 g/mol. The average molecular weight is 452 g/mol. The van der Waals surface area contributed by atoms with Crippen molar-refractivity contribution in [3.05, 3.63) is 35.5 Å². The summed E-state index contributed by atoms with van der Waals surface area (Å²) in [6.45, 7) is 0.874. The van der Waals surface area contributed by atoms with Crippen molar-refractivity contribution in [3.63, 3.8) is 0 Å². The van der Waals surface area contributed by atoms with Gasteiger partial charge >= 0.3 is 6.18 Å². The van der Waals surface area contributed by atoms with Gasteiger partial charge in [-0.2, -0.15) is 18.3 Å². The molecule has 2 fully saturated rings. The predicted molar refractivity (Wildman–Crippen MR) is 108 cm³/mol. The van der Waals surface area contributed by atoms with E-state index in [1.807, 2.05) is 6.07 Å². The molecule has 1 spiro atoms. The number of phenolic OH excluding ortho intramolecular Hbond substituents is 1. The van der Waals surface area contributed by atoms with Crippen LogP contribution in [0.5, 0.6) is 5.75 Å². The summed E-state index contributed by atoms with van der Waals surface area (Å²) in [5, 5.41) is 14.2. The van der Waals surface area contributed by atoms with Gasteiger partial charge in [0.1, 0.15) is 11.5 Å². The predicted octanol–water partition coefficient (Wildman–Crippen LogP) is 5.55. The number of piperidine rings is 1. The Morgan fingerprint density at radius 1 is 1.03 bits per heavy atom.